The van der Waals surface area contributed by atoms with Gasteiger partial charge in [-0.25, -0.2) is 0 Å². The number of nitrogens with one attached hydrogen (secondary N) is 7. The Kier molecular flexibility index (Phi) is 18.6. The van der Waals surface area contributed by atoms with Crippen LogP contribution in [0.25, 0.3) is 10.1 Å². The number of aryl methyl sites for hydroxylation is 1. The van der Waals surface area contributed by atoms with Crippen molar-refractivity contribution in [2.75, 3.05) is 18.8 Å². The summed E-state index contributed by atoms with van der Waals surface area (Å²) in [6.45, 7) is 8.24. The van der Waals surface area contributed by atoms with Crippen molar-refractivity contribution >= 4 is 86.3 Å². The van der Waals surface area contributed by atoms with E-state index in [1.54, 1.807) is 24.3 Å². The summed E-state index contributed by atoms with van der Waals surface area (Å²) >= 11 is 2.82. The van der Waals surface area contributed by atoms with E-state index in [-0.39, 0.29) is 37.5 Å². The van der Waals surface area contributed by atoms with E-state index >= 15 is 0 Å². The van der Waals surface area contributed by atoms with E-state index in [1.165, 1.54) is 48.8 Å². The van der Waals surface area contributed by atoms with Gasteiger partial charge in [-0.05, 0) is 75.3 Å². The molecule has 2 aromatic heterocycles. The molecule has 7 atom stereocenters. The molecule has 1 aromatic carbocycles. The van der Waals surface area contributed by atoms with Gasteiger partial charge in [-0.3, -0.25) is 43.2 Å². The highest BCUT2D eigenvalue weighted by atomic mass is 32.2. The smallest absolute Gasteiger partial charge is 0.245 e. The molecule has 1 fully saturated rings. The highest BCUT2D eigenvalue weighted by Crippen LogP contribution is 2.35. The molecule has 21 heteroatoms. The minimum atomic E-state index is -1.22. The van der Waals surface area contributed by atoms with E-state index in [0.717, 1.165) is 15.1 Å². The van der Waals surface area contributed by atoms with Crippen LogP contribution in [0.4, 0.5) is 0 Å². The molecule has 4 heterocycles. The summed E-state index contributed by atoms with van der Waals surface area (Å²) < 4.78 is 2.96. The average Bonchev–Trinajstić information content (AvgIpc) is 4.02. The molecule has 9 amide bonds. The zero-order valence-electron chi connectivity index (χ0n) is 38.0. The SMILES string of the molecule is CC(=O)N[C@@H](C)C(=O)N[C@H]1CSc2c3sccc3cn2CCCC[C@@H](C(=O)NCC(N)=O)NC(=O)[C@@H]2CCCN2C(=O)[C@H](CC(C)C)NC(=O)[C@H](C)NC(=O)[C@H](Cc2ccccc2)NC1=O. The quantitative estimate of drug-likeness (QED) is 0.142. The van der Waals surface area contributed by atoms with E-state index in [2.05, 4.69) is 37.2 Å². The molecule has 19 nitrogen and oxygen atoms in total. The number of thioether (sulfide) groups is 1. The second kappa shape index (κ2) is 24.0. The highest BCUT2D eigenvalue weighted by Gasteiger charge is 2.40. The third-order valence-corrected chi connectivity index (χ3v) is 13.6. The van der Waals surface area contributed by atoms with E-state index in [1.807, 2.05) is 42.1 Å². The Labute approximate surface area is 392 Å². The molecule has 2 aliphatic rings. The first-order valence-electron chi connectivity index (χ1n) is 22.3. The summed E-state index contributed by atoms with van der Waals surface area (Å²) in [6, 6.07) is 3.25. The lowest BCUT2D eigenvalue weighted by molar-refractivity contribution is -0.142. The minimum absolute atomic E-state index is 0.0114. The molecule has 66 heavy (non-hydrogen) atoms. The van der Waals surface area contributed by atoms with Gasteiger partial charge in [0, 0.05) is 43.8 Å². The Morgan fingerprint density at radius 1 is 0.848 bits per heavy atom. The normalized spacial score (nSPS) is 23.5. The van der Waals surface area contributed by atoms with Crippen molar-refractivity contribution in [3.05, 3.63) is 53.5 Å². The van der Waals surface area contributed by atoms with Gasteiger partial charge in [-0.2, -0.15) is 0 Å². The number of amides is 9. The lowest BCUT2D eigenvalue weighted by Crippen LogP contribution is -2.60. The van der Waals surface area contributed by atoms with Gasteiger partial charge in [0.05, 0.1) is 16.3 Å². The molecule has 0 unspecified atom stereocenters. The number of nitrogens with two attached hydrogens (primary N) is 1. The van der Waals surface area contributed by atoms with Gasteiger partial charge in [-0.1, -0.05) is 44.2 Å². The van der Waals surface area contributed by atoms with Crippen LogP contribution in [0.3, 0.4) is 0 Å². The van der Waals surface area contributed by atoms with Crippen LogP contribution < -0.4 is 43.0 Å². The first-order valence-corrected chi connectivity index (χ1v) is 24.2. The molecule has 0 aliphatic carbocycles. The van der Waals surface area contributed by atoms with Gasteiger partial charge in [-0.15, -0.1) is 23.1 Å². The molecular weight excluding hydrogens is 889 g/mol. The molecule has 5 rings (SSSR count). The van der Waals surface area contributed by atoms with Crippen LogP contribution in [-0.2, 0) is 56.1 Å². The minimum Gasteiger partial charge on any atom is -0.368 e. The molecule has 2 aliphatic heterocycles. The predicted molar refractivity (Wildman–Crippen MR) is 250 cm³/mol. The number of hydrogen-bond acceptors (Lipinski definition) is 11. The maximum Gasteiger partial charge on any atom is 0.245 e. The summed E-state index contributed by atoms with van der Waals surface area (Å²) in [6.07, 6.45) is 4.22. The van der Waals surface area contributed by atoms with Gasteiger partial charge in [0.1, 0.15) is 42.3 Å². The Morgan fingerprint density at radius 2 is 1.58 bits per heavy atom. The number of thiophene rings is 1. The van der Waals surface area contributed by atoms with Gasteiger partial charge in [0.25, 0.3) is 0 Å². The maximum absolute atomic E-state index is 14.4. The summed E-state index contributed by atoms with van der Waals surface area (Å²) in [5, 5.41) is 22.6. The number of carbonyl (C=O) groups excluding carboxylic acids is 9. The predicted octanol–water partition coefficient (Wildman–Crippen LogP) is 0.829. The molecule has 9 N–H and O–H groups in total. The van der Waals surface area contributed by atoms with Crippen molar-refractivity contribution in [1.29, 1.82) is 0 Å². The topological polar surface area (TPSA) is 272 Å². The summed E-state index contributed by atoms with van der Waals surface area (Å²) in [4.78, 5) is 122. The Hall–Kier alpha value is -5.96. The zero-order chi connectivity index (χ0) is 48.1. The van der Waals surface area contributed by atoms with Crippen LogP contribution in [0.5, 0.6) is 0 Å². The number of benzene rings is 1. The number of rotatable bonds is 10. The molecular formula is C45H62N10O9S2. The molecule has 358 valence electrons. The fraction of sp³-hybridized carbons (Fsp3) is 0.533. The van der Waals surface area contributed by atoms with Gasteiger partial charge in [0.15, 0.2) is 0 Å². The first kappa shape index (κ1) is 51.0. The van der Waals surface area contributed by atoms with Crippen LogP contribution in [-0.4, -0.2) is 124 Å². The van der Waals surface area contributed by atoms with Crippen molar-refractivity contribution in [2.24, 2.45) is 11.7 Å². The monoisotopic (exact) mass is 950 g/mol. The number of hydrogen-bond donors (Lipinski definition) is 8. The second-order valence-corrected chi connectivity index (χ2v) is 19.2. The van der Waals surface area contributed by atoms with E-state index in [4.69, 9.17) is 5.73 Å². The molecule has 3 aromatic rings. The standard InChI is InChI=1S/C45H62N10O9S2/c1-25(2)20-33-44(64)55-18-11-15-35(55)43(63)50-31(40(60)47-22-36(46)57)14-9-10-17-54-23-30-16-19-65-37(30)45(54)66-24-34(53-38(58)26(3)48-28(5)56)42(62)51-32(21-29-12-7-6-8-13-29)41(61)49-27(4)39(59)52-33/h6-8,12-13,16,19,23,25-27,31-35H,9-11,14-15,17-18,20-22,24H2,1-5H3,(H2,46,57)(H,47,60)(H,48,56)(H,49,61)(H,50,63)(H,51,62)(H,52,59)(H,53,58)/t26-,27-,31-,32-,33-,34-,35-/m0/s1. The average molecular weight is 951 g/mol. The van der Waals surface area contributed by atoms with Gasteiger partial charge >= 0.3 is 0 Å². The van der Waals surface area contributed by atoms with Crippen LogP contribution in [0.15, 0.2) is 53.0 Å². The first-order chi connectivity index (χ1) is 31.4. The number of nitrogens with zero attached hydrogens (tertiary/aromatic N) is 2. The van der Waals surface area contributed by atoms with Crippen molar-refractivity contribution in [2.45, 2.75) is 133 Å². The van der Waals surface area contributed by atoms with Gasteiger partial charge < -0.3 is 52.4 Å². The van der Waals surface area contributed by atoms with Crippen LogP contribution >= 0.6 is 23.1 Å². The molecule has 0 saturated carbocycles. The molecule has 0 bridgehead atoms. The van der Waals surface area contributed by atoms with E-state index < -0.39 is 102 Å². The summed E-state index contributed by atoms with van der Waals surface area (Å²) in [5.74, 6) is -5.59. The molecule has 0 radical (unpaired) electrons. The fourth-order valence-corrected chi connectivity index (χ4v) is 10.2. The Balaban J connectivity index is 1.51. The fourth-order valence-electron chi connectivity index (χ4n) is 7.95. The van der Waals surface area contributed by atoms with Crippen LogP contribution in [0.1, 0.15) is 78.7 Å². The van der Waals surface area contributed by atoms with Crippen molar-refractivity contribution in [3.8, 4) is 0 Å². The third kappa shape index (κ3) is 14.3. The van der Waals surface area contributed by atoms with Crippen molar-refractivity contribution in [3.63, 3.8) is 0 Å². The number of aromatic nitrogens is 1. The van der Waals surface area contributed by atoms with E-state index in [0.29, 0.717) is 37.8 Å². The Bertz CT molecular complexity index is 2250. The van der Waals surface area contributed by atoms with Gasteiger partial charge in [0.2, 0.25) is 53.2 Å². The van der Waals surface area contributed by atoms with E-state index in [9.17, 15) is 43.2 Å². The lowest BCUT2D eigenvalue weighted by atomic mass is 10.0. The number of fused-ring (bicyclic) bond motifs is 4. The van der Waals surface area contributed by atoms with Crippen molar-refractivity contribution < 1.29 is 43.2 Å². The Morgan fingerprint density at radius 3 is 2.27 bits per heavy atom. The second-order valence-electron chi connectivity index (χ2n) is 17.2. The van der Waals surface area contributed by atoms with Crippen molar-refractivity contribution in [1.82, 2.24) is 46.7 Å². The number of primary amides is 1. The van der Waals surface area contributed by atoms with Crippen LogP contribution in [0.2, 0.25) is 0 Å². The number of carbonyl (C=O) groups is 9. The maximum atomic E-state index is 14.4. The summed E-state index contributed by atoms with van der Waals surface area (Å²) in [7, 11) is 0. The summed E-state index contributed by atoms with van der Waals surface area (Å²) in [5.41, 5.74) is 6.02. The largest absolute Gasteiger partial charge is 0.368 e. The molecule has 1 saturated heterocycles. The third-order valence-electron chi connectivity index (χ3n) is 11.3. The zero-order valence-corrected chi connectivity index (χ0v) is 39.6. The van der Waals surface area contributed by atoms with Crippen LogP contribution in [0, 0.1) is 5.92 Å². The molecule has 0 spiro atoms. The lowest BCUT2D eigenvalue weighted by Gasteiger charge is -2.31. The highest BCUT2D eigenvalue weighted by molar-refractivity contribution is 7.99.